The predicted molar refractivity (Wildman–Crippen MR) is 77.3 cm³/mol. The Morgan fingerprint density at radius 1 is 1.29 bits per heavy atom. The number of nitrogens with zero attached hydrogens (tertiary/aromatic N) is 1. The molecule has 0 bridgehead atoms. The van der Waals surface area contributed by atoms with E-state index in [1.807, 2.05) is 0 Å². The number of aromatic carboxylic acids is 1. The highest BCUT2D eigenvalue weighted by molar-refractivity contribution is 7.09. The van der Waals surface area contributed by atoms with Crippen molar-refractivity contribution in [2.24, 2.45) is 0 Å². The molecule has 0 aliphatic carbocycles. The number of aryl methyl sites for hydroxylation is 1. The number of carboxylic acid groups (broad SMARTS) is 1. The minimum Gasteiger partial charge on any atom is -0.508 e. The molecule has 110 valence electrons. The van der Waals surface area contributed by atoms with Crippen molar-refractivity contribution in [1.29, 1.82) is 0 Å². The summed E-state index contributed by atoms with van der Waals surface area (Å²) in [5, 5.41) is 23.0. The molecule has 6 nitrogen and oxygen atoms in total. The highest BCUT2D eigenvalue weighted by Crippen LogP contribution is 2.17. The fourth-order valence-electron chi connectivity index (χ4n) is 1.72. The van der Waals surface area contributed by atoms with Gasteiger partial charge in [0.25, 0.3) is 0 Å². The number of hydrogen-bond acceptors (Lipinski definition) is 5. The Labute approximate surface area is 125 Å². The summed E-state index contributed by atoms with van der Waals surface area (Å²) in [5.74, 6) is -1.08. The number of amides is 1. The lowest BCUT2D eigenvalue weighted by Crippen LogP contribution is -2.23. The van der Waals surface area contributed by atoms with E-state index in [1.54, 1.807) is 24.3 Å². The summed E-state index contributed by atoms with van der Waals surface area (Å²) in [4.78, 5) is 26.3. The van der Waals surface area contributed by atoms with E-state index in [0.717, 1.165) is 5.56 Å². The van der Waals surface area contributed by atoms with Crippen LogP contribution in [0.2, 0.25) is 0 Å². The van der Waals surface area contributed by atoms with Crippen LogP contribution < -0.4 is 5.32 Å². The van der Waals surface area contributed by atoms with Crippen molar-refractivity contribution in [1.82, 2.24) is 10.3 Å². The lowest BCUT2D eigenvalue weighted by Gasteiger charge is -2.05. The molecule has 1 aromatic heterocycles. The number of benzene rings is 1. The zero-order chi connectivity index (χ0) is 15.2. The van der Waals surface area contributed by atoms with Crippen LogP contribution in [-0.4, -0.2) is 27.1 Å². The quantitative estimate of drug-likeness (QED) is 0.755. The minimum absolute atomic E-state index is 0.0153. The van der Waals surface area contributed by atoms with Crippen LogP contribution in [0, 0.1) is 0 Å². The van der Waals surface area contributed by atoms with Gasteiger partial charge in [-0.2, -0.15) is 0 Å². The second-order valence-electron chi connectivity index (χ2n) is 4.34. The Bertz CT molecular complexity index is 654. The van der Waals surface area contributed by atoms with Gasteiger partial charge in [0.1, 0.15) is 10.8 Å². The zero-order valence-corrected chi connectivity index (χ0v) is 11.9. The van der Waals surface area contributed by atoms with Crippen LogP contribution in [0.5, 0.6) is 5.75 Å². The summed E-state index contributed by atoms with van der Waals surface area (Å²) in [6, 6.07) is 6.87. The summed E-state index contributed by atoms with van der Waals surface area (Å²) in [7, 11) is 0. The molecule has 7 heteroatoms. The summed E-state index contributed by atoms with van der Waals surface area (Å²) < 4.78 is 0. The molecule has 0 saturated heterocycles. The van der Waals surface area contributed by atoms with Gasteiger partial charge in [-0.15, -0.1) is 11.3 Å². The summed E-state index contributed by atoms with van der Waals surface area (Å²) in [6.45, 7) is 0.206. The summed E-state index contributed by atoms with van der Waals surface area (Å²) >= 11 is 1.19. The summed E-state index contributed by atoms with van der Waals surface area (Å²) in [5.41, 5.74) is 0.702. The lowest BCUT2D eigenvalue weighted by atomic mass is 10.1. The number of nitrogens with one attached hydrogen (secondary N) is 1. The van der Waals surface area contributed by atoms with Crippen LogP contribution in [0.4, 0.5) is 0 Å². The Morgan fingerprint density at radius 3 is 2.71 bits per heavy atom. The summed E-state index contributed by atoms with van der Waals surface area (Å²) in [6.07, 6.45) is 0.686. The first-order valence-corrected chi connectivity index (χ1v) is 7.15. The third-order valence-electron chi connectivity index (χ3n) is 2.82. The lowest BCUT2D eigenvalue weighted by molar-refractivity contribution is -0.121. The van der Waals surface area contributed by atoms with Crippen molar-refractivity contribution in [3.63, 3.8) is 0 Å². The van der Waals surface area contributed by atoms with E-state index in [1.165, 1.54) is 16.7 Å². The Balaban J connectivity index is 1.79. The first-order chi connectivity index (χ1) is 10.1. The van der Waals surface area contributed by atoms with Crippen molar-refractivity contribution in [2.75, 3.05) is 0 Å². The number of carboxylic acids is 1. The number of carbonyl (C=O) groups excluding carboxylic acids is 1. The number of thiazole rings is 1. The molecule has 0 unspecified atom stereocenters. The third kappa shape index (κ3) is 4.28. The minimum atomic E-state index is -1.08. The Kier molecular flexibility index (Phi) is 4.89. The average Bonchev–Trinajstić information content (AvgIpc) is 2.93. The molecule has 0 spiro atoms. The van der Waals surface area contributed by atoms with Gasteiger partial charge >= 0.3 is 5.97 Å². The van der Waals surface area contributed by atoms with E-state index in [0.29, 0.717) is 11.4 Å². The van der Waals surface area contributed by atoms with E-state index in [-0.39, 0.29) is 30.3 Å². The molecule has 1 amide bonds. The first-order valence-electron chi connectivity index (χ1n) is 6.27. The molecule has 0 aliphatic heterocycles. The molecule has 2 rings (SSSR count). The average molecular weight is 306 g/mol. The second kappa shape index (κ2) is 6.85. The predicted octanol–water partition coefficient (Wildman–Crippen LogP) is 1.80. The number of aromatic nitrogens is 1. The van der Waals surface area contributed by atoms with Crippen LogP contribution >= 0.6 is 11.3 Å². The fourth-order valence-corrected chi connectivity index (χ4v) is 2.43. The van der Waals surface area contributed by atoms with E-state index >= 15 is 0 Å². The molecule has 0 fully saturated rings. The Morgan fingerprint density at radius 2 is 2.05 bits per heavy atom. The molecule has 0 atom stereocenters. The SMILES string of the molecule is O=C(CCc1ccccc1O)NCc1nc(C(=O)O)cs1. The smallest absolute Gasteiger partial charge is 0.355 e. The van der Waals surface area contributed by atoms with Gasteiger partial charge in [-0.25, -0.2) is 9.78 Å². The van der Waals surface area contributed by atoms with Gasteiger partial charge in [-0.1, -0.05) is 18.2 Å². The van der Waals surface area contributed by atoms with Gasteiger partial charge in [0.2, 0.25) is 5.91 Å². The standard InChI is InChI=1S/C14H14N2O4S/c17-11-4-2-1-3-9(11)5-6-12(18)15-7-13-16-10(8-21-13)14(19)20/h1-4,8,17H,5-7H2,(H,15,18)(H,19,20). The highest BCUT2D eigenvalue weighted by atomic mass is 32.1. The number of aromatic hydroxyl groups is 1. The zero-order valence-electron chi connectivity index (χ0n) is 11.1. The van der Waals surface area contributed by atoms with Gasteiger partial charge < -0.3 is 15.5 Å². The normalized spacial score (nSPS) is 10.3. The number of para-hydroxylation sites is 1. The highest BCUT2D eigenvalue weighted by Gasteiger charge is 2.10. The van der Waals surface area contributed by atoms with Crippen molar-refractivity contribution >= 4 is 23.2 Å². The number of rotatable bonds is 6. The topological polar surface area (TPSA) is 99.5 Å². The molecular weight excluding hydrogens is 292 g/mol. The Hall–Kier alpha value is -2.41. The number of phenolic OH excluding ortho intramolecular Hbond substituents is 1. The number of carbonyl (C=O) groups is 2. The third-order valence-corrected chi connectivity index (χ3v) is 3.67. The monoisotopic (exact) mass is 306 g/mol. The number of hydrogen-bond donors (Lipinski definition) is 3. The maximum atomic E-state index is 11.7. The van der Waals surface area contributed by atoms with E-state index in [2.05, 4.69) is 10.3 Å². The second-order valence-corrected chi connectivity index (χ2v) is 5.28. The van der Waals surface area contributed by atoms with Crippen LogP contribution in [0.15, 0.2) is 29.6 Å². The molecule has 1 heterocycles. The fraction of sp³-hybridized carbons (Fsp3) is 0.214. The van der Waals surface area contributed by atoms with Crippen molar-refractivity contribution in [3.8, 4) is 5.75 Å². The van der Waals surface area contributed by atoms with E-state index in [9.17, 15) is 14.7 Å². The van der Waals surface area contributed by atoms with Gasteiger partial charge in [0.15, 0.2) is 5.69 Å². The largest absolute Gasteiger partial charge is 0.508 e. The molecule has 0 radical (unpaired) electrons. The van der Waals surface area contributed by atoms with Gasteiger partial charge in [0, 0.05) is 11.8 Å². The van der Waals surface area contributed by atoms with E-state index < -0.39 is 5.97 Å². The maximum absolute atomic E-state index is 11.7. The van der Waals surface area contributed by atoms with Gasteiger partial charge in [0.05, 0.1) is 6.54 Å². The van der Waals surface area contributed by atoms with Crippen molar-refractivity contribution < 1.29 is 19.8 Å². The van der Waals surface area contributed by atoms with Crippen LogP contribution in [-0.2, 0) is 17.8 Å². The molecule has 0 aliphatic rings. The molecule has 21 heavy (non-hydrogen) atoms. The van der Waals surface area contributed by atoms with Crippen molar-refractivity contribution in [3.05, 3.63) is 45.9 Å². The molecule has 0 saturated carbocycles. The molecule has 3 N–H and O–H groups in total. The van der Waals surface area contributed by atoms with Gasteiger partial charge in [-0.3, -0.25) is 4.79 Å². The maximum Gasteiger partial charge on any atom is 0.355 e. The van der Waals surface area contributed by atoms with Crippen LogP contribution in [0.3, 0.4) is 0 Å². The molecular formula is C14H14N2O4S. The molecule has 2 aromatic rings. The van der Waals surface area contributed by atoms with E-state index in [4.69, 9.17) is 5.11 Å². The van der Waals surface area contributed by atoms with Crippen LogP contribution in [0.1, 0.15) is 27.5 Å². The van der Waals surface area contributed by atoms with Gasteiger partial charge in [-0.05, 0) is 18.1 Å². The van der Waals surface area contributed by atoms with Crippen molar-refractivity contribution in [2.45, 2.75) is 19.4 Å². The van der Waals surface area contributed by atoms with Crippen LogP contribution in [0.25, 0.3) is 0 Å². The first kappa shape index (κ1) is 15.0. The number of phenols is 1. The molecule has 1 aromatic carbocycles.